The molecule has 1 aromatic rings. The predicted octanol–water partition coefficient (Wildman–Crippen LogP) is 3.23. The molecule has 0 N–H and O–H groups in total. The van der Waals surface area contributed by atoms with Gasteiger partial charge in [-0.25, -0.2) is 0 Å². The number of hydrogen-bond acceptors (Lipinski definition) is 2. The van der Waals surface area contributed by atoms with Gasteiger partial charge in [0.2, 0.25) is 0 Å². The lowest BCUT2D eigenvalue weighted by Crippen LogP contribution is -1.97. The molecule has 0 atom stereocenters. The molecule has 0 heterocycles. The molecule has 2 heteroatoms. The van der Waals surface area contributed by atoms with E-state index in [1.165, 1.54) is 0 Å². The first-order valence-corrected chi connectivity index (χ1v) is 5.05. The van der Waals surface area contributed by atoms with E-state index in [1.807, 2.05) is 32.9 Å². The van der Waals surface area contributed by atoms with E-state index in [0.29, 0.717) is 12.2 Å². The first-order chi connectivity index (χ1) is 7.13. The number of rotatable bonds is 4. The Balaban J connectivity index is 2.90. The van der Waals surface area contributed by atoms with Gasteiger partial charge in [0.05, 0.1) is 6.61 Å². The molecule has 0 radical (unpaired) electrons. The normalized spacial score (nSPS) is 9.53. The number of hydrogen-bond donors (Lipinski definition) is 0. The molecule has 0 aliphatic rings. The Bertz CT molecular complexity index is 374. The summed E-state index contributed by atoms with van der Waals surface area (Å²) in [6, 6.07) is 7.25. The van der Waals surface area contributed by atoms with Gasteiger partial charge in [0.15, 0.2) is 5.78 Å². The molecule has 80 valence electrons. The van der Waals surface area contributed by atoms with Crippen molar-refractivity contribution in [1.29, 1.82) is 0 Å². The summed E-state index contributed by atoms with van der Waals surface area (Å²) in [5, 5.41) is 0. The van der Waals surface area contributed by atoms with Crippen LogP contribution in [0, 0.1) is 0 Å². The van der Waals surface area contributed by atoms with Gasteiger partial charge in [-0.05, 0) is 39.0 Å². The van der Waals surface area contributed by atoms with Gasteiger partial charge in [-0.1, -0.05) is 17.7 Å². The van der Waals surface area contributed by atoms with E-state index in [2.05, 4.69) is 0 Å². The topological polar surface area (TPSA) is 26.3 Å². The molecule has 0 amide bonds. The van der Waals surface area contributed by atoms with Crippen molar-refractivity contribution >= 4 is 5.78 Å². The zero-order valence-electron chi connectivity index (χ0n) is 9.41. The fraction of sp³-hybridized carbons (Fsp3) is 0.308. The highest BCUT2D eigenvalue weighted by atomic mass is 16.5. The van der Waals surface area contributed by atoms with Crippen molar-refractivity contribution in [2.45, 2.75) is 20.8 Å². The van der Waals surface area contributed by atoms with Crippen LogP contribution in [0.2, 0.25) is 0 Å². The summed E-state index contributed by atoms with van der Waals surface area (Å²) in [4.78, 5) is 11.7. The minimum absolute atomic E-state index is 0.0246. The van der Waals surface area contributed by atoms with Crippen LogP contribution < -0.4 is 4.74 Å². The molecular formula is C13H16O2. The zero-order valence-corrected chi connectivity index (χ0v) is 9.41. The van der Waals surface area contributed by atoms with Gasteiger partial charge >= 0.3 is 0 Å². The zero-order chi connectivity index (χ0) is 11.3. The summed E-state index contributed by atoms with van der Waals surface area (Å²) >= 11 is 0. The van der Waals surface area contributed by atoms with E-state index < -0.39 is 0 Å². The van der Waals surface area contributed by atoms with E-state index in [1.54, 1.807) is 18.2 Å². The molecule has 0 fully saturated rings. The van der Waals surface area contributed by atoms with Crippen LogP contribution in [0.4, 0.5) is 0 Å². The van der Waals surface area contributed by atoms with Gasteiger partial charge in [-0.3, -0.25) is 4.79 Å². The monoisotopic (exact) mass is 204 g/mol. The number of carbonyl (C=O) groups is 1. The third-order valence-corrected chi connectivity index (χ3v) is 1.85. The Hall–Kier alpha value is -1.57. The third-order valence-electron chi connectivity index (χ3n) is 1.85. The van der Waals surface area contributed by atoms with Crippen LogP contribution in [0.25, 0.3) is 0 Å². The van der Waals surface area contributed by atoms with E-state index in [0.717, 1.165) is 11.3 Å². The van der Waals surface area contributed by atoms with Crippen molar-refractivity contribution in [1.82, 2.24) is 0 Å². The molecule has 0 unspecified atom stereocenters. The first-order valence-electron chi connectivity index (χ1n) is 5.05. The van der Waals surface area contributed by atoms with Gasteiger partial charge in [0.25, 0.3) is 0 Å². The quantitative estimate of drug-likeness (QED) is 0.556. The molecule has 0 aromatic heterocycles. The molecule has 0 spiro atoms. The van der Waals surface area contributed by atoms with Crippen LogP contribution in [0.15, 0.2) is 35.9 Å². The number of carbonyl (C=O) groups excluding carboxylic acids is 1. The Morgan fingerprint density at radius 3 is 2.73 bits per heavy atom. The van der Waals surface area contributed by atoms with Crippen molar-refractivity contribution in [3.05, 3.63) is 41.5 Å². The fourth-order valence-corrected chi connectivity index (χ4v) is 1.25. The Labute approximate surface area is 90.6 Å². The van der Waals surface area contributed by atoms with Gasteiger partial charge < -0.3 is 4.74 Å². The Kier molecular flexibility index (Phi) is 4.10. The number of benzene rings is 1. The van der Waals surface area contributed by atoms with Gasteiger partial charge in [-0.15, -0.1) is 0 Å². The second-order valence-corrected chi connectivity index (χ2v) is 3.55. The van der Waals surface area contributed by atoms with Crippen LogP contribution in [-0.2, 0) is 0 Å². The molecule has 0 aliphatic heterocycles. The van der Waals surface area contributed by atoms with Crippen molar-refractivity contribution in [2.75, 3.05) is 6.61 Å². The molecule has 2 nitrogen and oxygen atoms in total. The van der Waals surface area contributed by atoms with Crippen molar-refractivity contribution in [2.24, 2.45) is 0 Å². The minimum atomic E-state index is 0.0246. The van der Waals surface area contributed by atoms with E-state index in [-0.39, 0.29) is 5.78 Å². The van der Waals surface area contributed by atoms with E-state index in [9.17, 15) is 4.79 Å². The molecule has 0 saturated heterocycles. The number of ketones is 1. The van der Waals surface area contributed by atoms with Gasteiger partial charge in [0.1, 0.15) is 5.75 Å². The lowest BCUT2D eigenvalue weighted by Gasteiger charge is -2.03. The number of ether oxygens (including phenoxy) is 1. The smallest absolute Gasteiger partial charge is 0.185 e. The molecule has 15 heavy (non-hydrogen) atoms. The standard InChI is InChI=1S/C13H16O2/c1-4-15-12-7-5-6-11(9-12)13(14)8-10(2)3/h5-9H,4H2,1-3H3. The summed E-state index contributed by atoms with van der Waals surface area (Å²) in [7, 11) is 0. The summed E-state index contributed by atoms with van der Waals surface area (Å²) < 4.78 is 5.33. The second-order valence-electron chi connectivity index (χ2n) is 3.55. The first kappa shape index (κ1) is 11.5. The largest absolute Gasteiger partial charge is 0.494 e. The van der Waals surface area contributed by atoms with Crippen LogP contribution in [0.1, 0.15) is 31.1 Å². The average molecular weight is 204 g/mol. The molecular weight excluding hydrogens is 188 g/mol. The summed E-state index contributed by atoms with van der Waals surface area (Å²) in [6.45, 7) is 6.35. The maximum atomic E-state index is 11.7. The van der Waals surface area contributed by atoms with Crippen molar-refractivity contribution in [3.63, 3.8) is 0 Å². The van der Waals surface area contributed by atoms with Crippen LogP contribution in [-0.4, -0.2) is 12.4 Å². The highest BCUT2D eigenvalue weighted by Gasteiger charge is 2.03. The molecule has 0 aliphatic carbocycles. The van der Waals surface area contributed by atoms with Crippen molar-refractivity contribution < 1.29 is 9.53 Å². The molecule has 0 saturated carbocycles. The van der Waals surface area contributed by atoms with E-state index in [4.69, 9.17) is 4.74 Å². The number of allylic oxidation sites excluding steroid dienone is 2. The van der Waals surface area contributed by atoms with Crippen molar-refractivity contribution in [3.8, 4) is 5.75 Å². The highest BCUT2D eigenvalue weighted by molar-refractivity contribution is 6.05. The highest BCUT2D eigenvalue weighted by Crippen LogP contribution is 2.14. The predicted molar refractivity (Wildman–Crippen MR) is 61.4 cm³/mol. The minimum Gasteiger partial charge on any atom is -0.494 e. The fourth-order valence-electron chi connectivity index (χ4n) is 1.25. The Morgan fingerprint density at radius 2 is 2.13 bits per heavy atom. The SMILES string of the molecule is CCOc1cccc(C(=O)C=C(C)C)c1. The van der Waals surface area contributed by atoms with Crippen LogP contribution >= 0.6 is 0 Å². The van der Waals surface area contributed by atoms with Gasteiger partial charge in [-0.2, -0.15) is 0 Å². The lowest BCUT2D eigenvalue weighted by molar-refractivity contribution is 0.104. The summed E-state index contributed by atoms with van der Waals surface area (Å²) in [5.74, 6) is 0.766. The maximum Gasteiger partial charge on any atom is 0.185 e. The lowest BCUT2D eigenvalue weighted by atomic mass is 10.1. The summed E-state index contributed by atoms with van der Waals surface area (Å²) in [5.41, 5.74) is 1.67. The van der Waals surface area contributed by atoms with Crippen LogP contribution in [0.5, 0.6) is 5.75 Å². The Morgan fingerprint density at radius 1 is 1.40 bits per heavy atom. The van der Waals surface area contributed by atoms with Crippen LogP contribution in [0.3, 0.4) is 0 Å². The maximum absolute atomic E-state index is 11.7. The van der Waals surface area contributed by atoms with E-state index >= 15 is 0 Å². The molecule has 1 rings (SSSR count). The molecule has 0 bridgehead atoms. The second kappa shape index (κ2) is 5.35. The van der Waals surface area contributed by atoms with Gasteiger partial charge in [0, 0.05) is 5.56 Å². The third kappa shape index (κ3) is 3.58. The average Bonchev–Trinajstić information content (AvgIpc) is 2.17. The summed E-state index contributed by atoms with van der Waals surface area (Å²) in [6.07, 6.45) is 1.63. The molecule has 1 aromatic carbocycles.